The number of hydrogen-bond donors (Lipinski definition) is 1. The molecule has 7 heteroatoms. The minimum atomic E-state index is -4.69. The molecule has 0 aliphatic rings. The third-order valence-electron chi connectivity index (χ3n) is 0. The summed E-state index contributed by atoms with van der Waals surface area (Å²) in [4.78, 5) is 0. The third-order valence-corrected chi connectivity index (χ3v) is 0. The van der Waals surface area contributed by atoms with Crippen molar-refractivity contribution in [3.63, 3.8) is 0 Å². The summed E-state index contributed by atoms with van der Waals surface area (Å²) < 4.78 is 32.7. The van der Waals surface area contributed by atoms with Crippen LogP contribution in [0.2, 0.25) is 0 Å². The molecule has 0 aromatic carbocycles. The van der Waals surface area contributed by atoms with E-state index < -0.39 is 10.2 Å². The normalized spacial score (nSPS) is 8.57. The molecule has 0 atom stereocenters. The molecule has 0 spiro atoms. The zero-order valence-electron chi connectivity index (χ0n) is 3.13. The molecule has 0 rings (SSSR count). The Balaban J connectivity index is -0.0000000800. The first-order valence-electron chi connectivity index (χ1n) is 0.632. The second-order valence-electron chi connectivity index (χ2n) is 0.396. The second-order valence-corrected chi connectivity index (χ2v) is 1.19. The van der Waals surface area contributed by atoms with Gasteiger partial charge in [-0.3, -0.25) is 0 Å². The molecule has 0 saturated carbocycles. The molecule has 0 amide bonds. The first-order valence-corrected chi connectivity index (χ1v) is 1.90. The monoisotopic (exact) mass is 323 g/mol. The van der Waals surface area contributed by atoms with Gasteiger partial charge in [0.15, 0.2) is 0 Å². The average molecular weight is 323 g/mol. The summed E-state index contributed by atoms with van der Waals surface area (Å²) >= 11 is 0. The summed E-state index contributed by atoms with van der Waals surface area (Å²) in [5.41, 5.74) is 0. The van der Waals surface area contributed by atoms with Crippen LogP contribution in [0.1, 0.15) is 0 Å². The Morgan fingerprint density at radius 3 is 1.14 bits per heavy atom. The molecule has 0 heterocycles. The first-order chi connectivity index (χ1) is 2.00. The number of hydrogen-bond acceptors (Lipinski definition) is 4. The molecule has 7 heavy (non-hydrogen) atoms. The molecule has 0 aliphatic carbocycles. The Morgan fingerprint density at radius 1 is 1.14 bits per heavy atom. The SMILES string of the molecule is O.[O-][Cl+3]([O-])([O-])O.[Tl]. The Morgan fingerprint density at radius 2 is 1.14 bits per heavy atom. The van der Waals surface area contributed by atoms with Crippen LogP contribution in [-0.2, 0) is 0 Å². The maximum atomic E-state index is 8.60. The Kier molecular flexibility index (Phi) is 11.5. The summed E-state index contributed by atoms with van der Waals surface area (Å²) in [6, 6.07) is 0. The number of rotatable bonds is 0. The molecular weight excluding hydrogens is 320 g/mol. The summed E-state index contributed by atoms with van der Waals surface area (Å²) in [6.45, 7) is 0. The molecule has 0 unspecified atom stereocenters. The Labute approximate surface area is 61.8 Å². The minimum absolute atomic E-state index is 0. The predicted molar refractivity (Wildman–Crippen MR) is 11.6 cm³/mol. The van der Waals surface area contributed by atoms with Gasteiger partial charge < -0.3 is 5.48 Å². The standard InChI is InChI=1S/ClHO4.H2O.Tl/c2-1(3,4)5;;/h(H,2,3,4,5);1H2;. The van der Waals surface area contributed by atoms with Crippen molar-refractivity contribution in [2.75, 3.05) is 0 Å². The van der Waals surface area contributed by atoms with Crippen molar-refractivity contribution in [2.45, 2.75) is 0 Å². The maximum absolute atomic E-state index is 8.60. The zero-order chi connectivity index (χ0) is 4.50. The fraction of sp³-hybridized carbons (Fsp3) is 0. The summed E-state index contributed by atoms with van der Waals surface area (Å²) in [5.74, 6) is 0. The zero-order valence-corrected chi connectivity index (χ0v) is 8.37. The van der Waals surface area contributed by atoms with E-state index in [1.807, 2.05) is 0 Å². The molecule has 0 saturated heterocycles. The van der Waals surface area contributed by atoms with E-state index in [1.165, 1.54) is 0 Å². The van der Waals surface area contributed by atoms with E-state index in [-0.39, 0.29) is 32.8 Å². The molecule has 0 bridgehead atoms. The van der Waals surface area contributed by atoms with Crippen LogP contribution in [0.4, 0.5) is 0 Å². The smallest absolute Gasteiger partial charge is 0.0777 e. The van der Waals surface area contributed by atoms with Gasteiger partial charge in [0.1, 0.15) is 0 Å². The summed E-state index contributed by atoms with van der Waals surface area (Å²) in [5, 5.41) is 0. The van der Waals surface area contributed by atoms with Crippen LogP contribution in [0.15, 0.2) is 0 Å². The van der Waals surface area contributed by atoms with Gasteiger partial charge in [0.05, 0.1) is 14.9 Å². The molecule has 0 aliphatic heterocycles. The first kappa shape index (κ1) is 15.7. The number of halogens is 1. The van der Waals surface area contributed by atoms with Gasteiger partial charge in [-0.05, 0) is 0 Å². The van der Waals surface area contributed by atoms with Gasteiger partial charge in [-0.25, -0.2) is 0 Å². The van der Waals surface area contributed by atoms with Crippen molar-refractivity contribution in [3.05, 3.63) is 0 Å². The fourth-order valence-electron chi connectivity index (χ4n) is 0. The van der Waals surface area contributed by atoms with E-state index in [2.05, 4.69) is 0 Å². The van der Waals surface area contributed by atoms with Crippen LogP contribution in [0.25, 0.3) is 0 Å². The molecule has 5 nitrogen and oxygen atoms in total. The van der Waals surface area contributed by atoms with Crippen molar-refractivity contribution >= 4 is 27.3 Å². The summed E-state index contributed by atoms with van der Waals surface area (Å²) in [6.07, 6.45) is 0. The molecule has 0 fully saturated rings. The Hall–Kier alpha value is 1.01. The molecule has 3 N–H and O–H groups in total. The fourth-order valence-corrected chi connectivity index (χ4v) is 0. The van der Waals surface area contributed by atoms with Crippen LogP contribution in [0.5, 0.6) is 0 Å². The quantitative estimate of drug-likeness (QED) is 0.448. The van der Waals surface area contributed by atoms with E-state index >= 15 is 0 Å². The van der Waals surface area contributed by atoms with Crippen LogP contribution < -0.4 is 14.0 Å². The van der Waals surface area contributed by atoms with Gasteiger partial charge in [-0.2, -0.15) is 14.0 Å². The maximum Gasteiger partial charge on any atom is 0.0777 e. The topological polar surface area (TPSA) is 121 Å². The Bertz CT molecular complexity index is 23.6. The van der Waals surface area contributed by atoms with Crippen LogP contribution >= 0.6 is 0 Å². The largest absolute Gasteiger partial charge is 0.412 e. The molecule has 0 aromatic heterocycles. The van der Waals surface area contributed by atoms with Crippen molar-refractivity contribution in [1.29, 1.82) is 0 Å². The van der Waals surface area contributed by atoms with E-state index in [1.54, 1.807) is 0 Å². The van der Waals surface area contributed by atoms with Gasteiger partial charge >= 0.3 is 0 Å². The van der Waals surface area contributed by atoms with Gasteiger partial charge in [-0.15, -0.1) is 0 Å². The average Bonchev–Trinajstić information content (AvgIpc) is 0.722. The van der Waals surface area contributed by atoms with Crippen molar-refractivity contribution < 1.29 is 34.4 Å². The van der Waals surface area contributed by atoms with Gasteiger partial charge in [0.25, 0.3) is 0 Å². The van der Waals surface area contributed by atoms with E-state index in [0.29, 0.717) is 0 Å². The second kappa shape index (κ2) is 5.15. The van der Waals surface area contributed by atoms with E-state index in [4.69, 9.17) is 18.6 Å². The minimum Gasteiger partial charge on any atom is -0.412 e. The van der Waals surface area contributed by atoms with Gasteiger partial charge in [-0.1, -0.05) is 0 Å². The predicted octanol–water partition coefficient (Wildman–Crippen LogP) is -5.33. The van der Waals surface area contributed by atoms with E-state index in [0.717, 1.165) is 0 Å². The van der Waals surface area contributed by atoms with Gasteiger partial charge in [0, 0.05) is 27.3 Å². The van der Waals surface area contributed by atoms with E-state index in [9.17, 15) is 0 Å². The third kappa shape index (κ3) is 172. The van der Waals surface area contributed by atoms with Crippen molar-refractivity contribution in [1.82, 2.24) is 0 Å². The van der Waals surface area contributed by atoms with Crippen LogP contribution in [-0.4, -0.2) is 37.4 Å². The van der Waals surface area contributed by atoms with Gasteiger partial charge in [0.2, 0.25) is 0 Å². The van der Waals surface area contributed by atoms with Crippen molar-refractivity contribution in [2.24, 2.45) is 0 Å². The van der Waals surface area contributed by atoms with Crippen LogP contribution in [0.3, 0.4) is 0 Å². The molecule has 0 aromatic rings. The molecule has 43 valence electrons. The molecular formula is H3ClO5Tl. The summed E-state index contributed by atoms with van der Waals surface area (Å²) in [7, 11) is -4.69. The van der Waals surface area contributed by atoms with Crippen molar-refractivity contribution in [3.8, 4) is 0 Å². The van der Waals surface area contributed by atoms with Crippen LogP contribution in [0, 0.1) is 10.2 Å². The molecule has 1 radical (unpaired) electrons.